The van der Waals surface area contributed by atoms with Crippen LogP contribution in [0.1, 0.15) is 6.23 Å². The molecule has 0 radical (unpaired) electrons. The van der Waals surface area contributed by atoms with Gasteiger partial charge in [0, 0.05) is 6.20 Å². The van der Waals surface area contributed by atoms with E-state index in [1.54, 1.807) is 0 Å². The van der Waals surface area contributed by atoms with Crippen LogP contribution in [0.15, 0.2) is 17.1 Å². The highest BCUT2D eigenvalue weighted by atomic mass is 31.3. The number of hydrogen-bond acceptors (Lipinski definition) is 15. The van der Waals surface area contributed by atoms with Gasteiger partial charge >= 0.3 is 21.3 Å². The van der Waals surface area contributed by atoms with Gasteiger partial charge in [0.1, 0.15) is 48.5 Å². The number of ether oxygens (including phenoxy) is 2. The molecule has 0 amide bonds. The molecule has 22 heteroatoms. The van der Waals surface area contributed by atoms with E-state index in [-0.39, 0.29) is 5.82 Å². The van der Waals surface area contributed by atoms with Crippen molar-refractivity contribution in [2.24, 2.45) is 0 Å². The van der Waals surface area contributed by atoms with Gasteiger partial charge in [0.2, 0.25) is 0 Å². The number of phosphoric acid groups is 2. The molecule has 2 fully saturated rings. The first-order valence-corrected chi connectivity index (χ1v) is 13.1. The second kappa shape index (κ2) is 11.3. The number of halogens is 2. The van der Waals surface area contributed by atoms with Gasteiger partial charge in [-0.2, -0.15) is 9.29 Å². The van der Waals surface area contributed by atoms with E-state index in [4.69, 9.17) is 10.5 Å². The van der Waals surface area contributed by atoms with E-state index in [2.05, 4.69) is 23.1 Å². The number of nitrogen functional groups attached to an aromatic ring is 1. The number of hydrogen-bond donors (Lipinski definition) is 8. The second-order valence-electron chi connectivity index (χ2n) is 7.78. The van der Waals surface area contributed by atoms with Crippen LogP contribution in [-0.4, -0.2) is 107 Å². The van der Waals surface area contributed by atoms with Gasteiger partial charge in [-0.05, 0) is 6.07 Å². The maximum absolute atomic E-state index is 13.0. The minimum Gasteiger partial charge on any atom is -0.387 e. The van der Waals surface area contributed by atoms with Crippen molar-refractivity contribution in [2.45, 2.75) is 61.7 Å². The third kappa shape index (κ3) is 6.94. The Balaban J connectivity index is 1.62. The molecular formula is C15H23F2N3O15P2. The molecule has 3 rings (SSSR count). The van der Waals surface area contributed by atoms with Crippen LogP contribution >= 0.6 is 15.6 Å². The van der Waals surface area contributed by atoms with E-state index in [0.717, 1.165) is 10.8 Å². The van der Waals surface area contributed by atoms with E-state index in [1.807, 2.05) is 0 Å². The van der Waals surface area contributed by atoms with Crippen LogP contribution in [0.25, 0.3) is 0 Å². The maximum Gasteiger partial charge on any atom is 0.483 e. The predicted molar refractivity (Wildman–Crippen MR) is 109 cm³/mol. The first-order valence-electron chi connectivity index (χ1n) is 10.1. The Morgan fingerprint density at radius 1 is 1.03 bits per heavy atom. The van der Waals surface area contributed by atoms with E-state index in [1.165, 1.54) is 6.07 Å². The third-order valence-electron chi connectivity index (χ3n) is 5.16. The molecular weight excluding hydrogens is 562 g/mol. The number of alkyl halides is 2. The Morgan fingerprint density at radius 2 is 1.68 bits per heavy atom. The standard InChI is InChI=1S/C15H23F2N3O15P2/c16-12(17)11-8(23)7(22)10(25)14(33-11)34-37(29,30)35-36(27,28)31-3-4-6(21)9(24)13(32-4)20-2-1-5(18)19-15(20)26/h1-2,4,6-14,21-25H,3H2,(H,27,28)(H,29,30)(H2,18,19,26)/t4-,6-,7?,8?,9-,10?,11?,13-,14?/m1/s1. The highest BCUT2D eigenvalue weighted by molar-refractivity contribution is 7.61. The third-order valence-corrected chi connectivity index (χ3v) is 7.76. The summed E-state index contributed by atoms with van der Waals surface area (Å²) in [4.78, 5) is 34.8. The lowest BCUT2D eigenvalue weighted by molar-refractivity contribution is -0.295. The number of nitrogens with two attached hydrogens (primary N) is 1. The van der Waals surface area contributed by atoms with Crippen LogP contribution in [0, 0.1) is 0 Å². The lowest BCUT2D eigenvalue weighted by Crippen LogP contribution is -2.59. The summed E-state index contributed by atoms with van der Waals surface area (Å²) in [5.74, 6) is -0.148. The summed E-state index contributed by atoms with van der Waals surface area (Å²) in [5, 5.41) is 49.2. The van der Waals surface area contributed by atoms with Crippen molar-refractivity contribution in [2.75, 3.05) is 12.3 Å². The second-order valence-corrected chi connectivity index (χ2v) is 10.8. The molecule has 7 unspecified atom stereocenters. The van der Waals surface area contributed by atoms with Gasteiger partial charge in [-0.3, -0.25) is 13.6 Å². The Morgan fingerprint density at radius 3 is 2.27 bits per heavy atom. The van der Waals surface area contributed by atoms with E-state index in [0.29, 0.717) is 0 Å². The summed E-state index contributed by atoms with van der Waals surface area (Å²) in [6.45, 7) is -1.07. The smallest absolute Gasteiger partial charge is 0.387 e. The maximum atomic E-state index is 13.0. The van der Waals surface area contributed by atoms with Gasteiger partial charge in [-0.1, -0.05) is 0 Å². The van der Waals surface area contributed by atoms with Crippen LogP contribution < -0.4 is 11.4 Å². The summed E-state index contributed by atoms with van der Waals surface area (Å²) in [5.41, 5.74) is 4.39. The zero-order valence-electron chi connectivity index (χ0n) is 18.2. The summed E-state index contributed by atoms with van der Waals surface area (Å²) in [7, 11) is -11.3. The monoisotopic (exact) mass is 585 g/mol. The van der Waals surface area contributed by atoms with Crippen LogP contribution in [0.2, 0.25) is 0 Å². The molecule has 0 aromatic carbocycles. The molecule has 3 heterocycles. The first kappa shape index (κ1) is 30.1. The van der Waals surface area contributed by atoms with Gasteiger partial charge in [0.25, 0.3) is 6.43 Å². The number of anilines is 1. The van der Waals surface area contributed by atoms with Crippen LogP contribution in [0.4, 0.5) is 14.6 Å². The average Bonchev–Trinajstić information content (AvgIpc) is 3.05. The number of aliphatic hydroxyl groups excluding tert-OH is 5. The Labute approximate surface area is 204 Å². The summed E-state index contributed by atoms with van der Waals surface area (Å²) >= 11 is 0. The molecule has 11 atom stereocenters. The van der Waals surface area contributed by atoms with Crippen molar-refractivity contribution < 1.29 is 76.1 Å². The van der Waals surface area contributed by atoms with Gasteiger partial charge in [0.15, 0.2) is 12.5 Å². The van der Waals surface area contributed by atoms with E-state index in [9.17, 15) is 58.0 Å². The molecule has 0 bridgehead atoms. The summed E-state index contributed by atoms with van der Waals surface area (Å²) in [6.07, 6.45) is -21.0. The molecule has 18 nitrogen and oxygen atoms in total. The molecule has 9 N–H and O–H groups in total. The molecule has 2 aliphatic heterocycles. The van der Waals surface area contributed by atoms with Crippen molar-refractivity contribution in [3.63, 3.8) is 0 Å². The number of nitrogens with zero attached hydrogens (tertiary/aromatic N) is 2. The SMILES string of the molecule is Nc1ccn([C@@H]2O[C@H](COP(=O)(O)OP(=O)(O)OC3OC(C(F)F)C(O)C(O)C3O)[C@@H](O)[C@H]2O)c(=O)n1. The van der Waals surface area contributed by atoms with Crippen molar-refractivity contribution in [3.05, 3.63) is 22.7 Å². The van der Waals surface area contributed by atoms with Crippen molar-refractivity contribution in [1.29, 1.82) is 0 Å². The number of aliphatic hydroxyl groups is 5. The average molecular weight is 585 g/mol. The predicted octanol–water partition coefficient (Wildman–Crippen LogP) is -3.23. The largest absolute Gasteiger partial charge is 0.483 e. The number of aromatic nitrogens is 2. The Kier molecular flexibility index (Phi) is 9.20. The summed E-state index contributed by atoms with van der Waals surface area (Å²) in [6, 6.07) is 1.18. The van der Waals surface area contributed by atoms with Gasteiger partial charge in [0.05, 0.1) is 6.61 Å². The highest BCUT2D eigenvalue weighted by Crippen LogP contribution is 2.61. The van der Waals surface area contributed by atoms with Gasteiger partial charge < -0.3 is 50.5 Å². The molecule has 2 aliphatic rings. The van der Waals surface area contributed by atoms with Crippen LogP contribution in [0.5, 0.6) is 0 Å². The Bertz CT molecular complexity index is 1110. The van der Waals surface area contributed by atoms with Crippen LogP contribution in [-0.2, 0) is 32.0 Å². The van der Waals surface area contributed by atoms with E-state index >= 15 is 0 Å². The first-order chi connectivity index (χ1) is 17.0. The van der Waals surface area contributed by atoms with Crippen LogP contribution in [0.3, 0.4) is 0 Å². The lowest BCUT2D eigenvalue weighted by Gasteiger charge is -2.39. The highest BCUT2D eigenvalue weighted by Gasteiger charge is 2.51. The quantitative estimate of drug-likeness (QED) is 0.132. The minimum absolute atomic E-state index is 0.148. The fourth-order valence-corrected chi connectivity index (χ4v) is 5.52. The molecule has 212 valence electrons. The minimum atomic E-state index is -5.76. The van der Waals surface area contributed by atoms with Crippen molar-refractivity contribution >= 4 is 21.5 Å². The molecule has 0 saturated carbocycles. The number of rotatable bonds is 9. The fraction of sp³-hybridized carbons (Fsp3) is 0.733. The van der Waals surface area contributed by atoms with Gasteiger partial charge in [-0.15, -0.1) is 0 Å². The summed E-state index contributed by atoms with van der Waals surface area (Å²) < 4.78 is 73.3. The van der Waals surface area contributed by atoms with Gasteiger partial charge in [-0.25, -0.2) is 22.7 Å². The lowest BCUT2D eigenvalue weighted by atomic mass is 9.99. The molecule has 2 saturated heterocycles. The topological polar surface area (TPSA) is 283 Å². The molecule has 0 aliphatic carbocycles. The van der Waals surface area contributed by atoms with Crippen molar-refractivity contribution in [1.82, 2.24) is 9.55 Å². The fourth-order valence-electron chi connectivity index (χ4n) is 3.36. The molecule has 0 spiro atoms. The molecule has 1 aromatic heterocycles. The zero-order valence-corrected chi connectivity index (χ0v) is 19.9. The van der Waals surface area contributed by atoms with E-state index < -0.39 is 89.6 Å². The zero-order chi connectivity index (χ0) is 27.9. The van der Waals surface area contributed by atoms with Crippen molar-refractivity contribution in [3.8, 4) is 0 Å². The molecule has 37 heavy (non-hydrogen) atoms. The number of phosphoric ester groups is 2. The normalized spacial score (nSPS) is 37.8. The molecule has 1 aromatic rings. The Hall–Kier alpha value is -1.48.